The molecule has 1 aliphatic heterocycles. The Morgan fingerprint density at radius 2 is 1.43 bits per heavy atom. The second kappa shape index (κ2) is 6.35. The van der Waals surface area contributed by atoms with Crippen molar-refractivity contribution in [3.05, 3.63) is 15.3 Å². The van der Waals surface area contributed by atoms with Gasteiger partial charge in [0.05, 0.1) is 0 Å². The van der Waals surface area contributed by atoms with E-state index in [9.17, 15) is 0 Å². The average Bonchev–Trinajstić information content (AvgIpc) is 2.72. The third-order valence-corrected chi connectivity index (χ3v) is 2.54. The van der Waals surface area contributed by atoms with Gasteiger partial charge in [0, 0.05) is 13.2 Å². The monoisotopic (exact) mass is 255 g/mol. The van der Waals surface area contributed by atoms with Crippen LogP contribution in [0.2, 0.25) is 15.3 Å². The molecule has 0 amide bonds. The van der Waals surface area contributed by atoms with Crippen LogP contribution >= 0.6 is 34.8 Å². The van der Waals surface area contributed by atoms with Gasteiger partial charge >= 0.3 is 0 Å². The number of ether oxygens (including phenoxy) is 1. The number of halogens is 3. The van der Waals surface area contributed by atoms with Gasteiger partial charge in [0.15, 0.2) is 10.3 Å². The summed E-state index contributed by atoms with van der Waals surface area (Å²) >= 11 is 16.2. The van der Waals surface area contributed by atoms with Crippen molar-refractivity contribution in [2.75, 3.05) is 13.2 Å². The lowest BCUT2D eigenvalue weighted by atomic mass is 10.4. The molecule has 1 aromatic rings. The van der Waals surface area contributed by atoms with Crippen molar-refractivity contribution < 1.29 is 4.74 Å². The molecule has 0 saturated carbocycles. The van der Waals surface area contributed by atoms with E-state index in [1.807, 2.05) is 0 Å². The van der Waals surface area contributed by atoms with Crippen LogP contribution in [0.15, 0.2) is 0 Å². The molecule has 0 aliphatic carbocycles. The maximum absolute atomic E-state index is 5.45. The molecule has 78 valence electrons. The van der Waals surface area contributed by atoms with Crippen LogP contribution in [0.5, 0.6) is 0 Å². The Morgan fingerprint density at radius 3 is 1.71 bits per heavy atom. The molecule has 7 heteroatoms. The molecule has 1 saturated heterocycles. The second-order valence-electron chi connectivity index (χ2n) is 2.50. The van der Waals surface area contributed by atoms with E-state index in [4.69, 9.17) is 39.5 Å². The minimum absolute atomic E-state index is 0.0664. The number of nitrogens with zero attached hydrogens (tertiary/aromatic N) is 3. The van der Waals surface area contributed by atoms with Crippen LogP contribution in [-0.2, 0) is 4.74 Å². The maximum atomic E-state index is 5.45. The van der Waals surface area contributed by atoms with Gasteiger partial charge in [0.1, 0.15) is 5.02 Å². The summed E-state index contributed by atoms with van der Waals surface area (Å²) in [6.07, 6.45) is 2.56. The SMILES string of the molecule is C1CCOC1.Clc1nnnc(Cl)c1Cl. The molecule has 14 heavy (non-hydrogen) atoms. The largest absolute Gasteiger partial charge is 0.381 e. The molecule has 1 aliphatic rings. The normalized spacial score (nSPS) is 14.8. The first-order valence-electron chi connectivity index (χ1n) is 3.99. The molecule has 0 spiro atoms. The molecule has 1 fully saturated rings. The standard InChI is InChI=1S/C4H8O.C3Cl3N3/c1-2-4-5-3-1;4-1-2(5)7-9-8-3(1)6/h1-4H2;. The maximum Gasteiger partial charge on any atom is 0.175 e. The highest BCUT2D eigenvalue weighted by molar-refractivity contribution is 6.46. The van der Waals surface area contributed by atoms with E-state index in [-0.39, 0.29) is 15.3 Å². The van der Waals surface area contributed by atoms with Crippen LogP contribution in [0, 0.1) is 0 Å². The summed E-state index contributed by atoms with van der Waals surface area (Å²) in [6.45, 7) is 2.00. The van der Waals surface area contributed by atoms with Gasteiger partial charge in [-0.3, -0.25) is 0 Å². The highest BCUT2D eigenvalue weighted by atomic mass is 35.5. The first kappa shape index (κ1) is 11.9. The van der Waals surface area contributed by atoms with Crippen LogP contribution < -0.4 is 0 Å². The van der Waals surface area contributed by atoms with Crippen LogP contribution in [0.25, 0.3) is 0 Å². The Balaban J connectivity index is 0.000000165. The van der Waals surface area contributed by atoms with Gasteiger partial charge in [0.2, 0.25) is 0 Å². The molecule has 0 unspecified atom stereocenters. The third kappa shape index (κ3) is 3.92. The van der Waals surface area contributed by atoms with Gasteiger partial charge in [-0.15, -0.1) is 10.2 Å². The quantitative estimate of drug-likeness (QED) is 0.716. The smallest absolute Gasteiger partial charge is 0.175 e. The summed E-state index contributed by atoms with van der Waals surface area (Å²) < 4.78 is 4.94. The summed E-state index contributed by atoms with van der Waals surface area (Å²) in [7, 11) is 0. The van der Waals surface area contributed by atoms with Crippen molar-refractivity contribution in [3.63, 3.8) is 0 Å². The molecule has 0 atom stereocenters. The zero-order valence-electron chi connectivity index (χ0n) is 7.21. The number of hydrogen-bond donors (Lipinski definition) is 0. The van der Waals surface area contributed by atoms with E-state index in [1.165, 1.54) is 12.8 Å². The summed E-state index contributed by atoms with van der Waals surface area (Å²) in [6, 6.07) is 0. The van der Waals surface area contributed by atoms with Crippen molar-refractivity contribution in [1.82, 2.24) is 15.4 Å². The molecule has 2 rings (SSSR count). The van der Waals surface area contributed by atoms with Crippen molar-refractivity contribution in [2.24, 2.45) is 0 Å². The van der Waals surface area contributed by atoms with E-state index < -0.39 is 0 Å². The van der Waals surface area contributed by atoms with Crippen LogP contribution in [0.4, 0.5) is 0 Å². The average molecular weight is 257 g/mol. The zero-order valence-corrected chi connectivity index (χ0v) is 9.48. The first-order chi connectivity index (χ1) is 6.72. The number of aromatic nitrogens is 3. The highest BCUT2D eigenvalue weighted by Gasteiger charge is 2.03. The first-order valence-corrected chi connectivity index (χ1v) is 5.13. The van der Waals surface area contributed by atoms with Gasteiger partial charge in [-0.05, 0) is 18.1 Å². The Hall–Kier alpha value is -0.160. The van der Waals surface area contributed by atoms with E-state index in [2.05, 4.69) is 15.4 Å². The predicted octanol–water partition coefficient (Wildman–Crippen LogP) is 2.63. The molecule has 1 aromatic heterocycles. The molecular weight excluding hydrogens is 248 g/mol. The minimum atomic E-state index is 0.0664. The fraction of sp³-hybridized carbons (Fsp3) is 0.571. The van der Waals surface area contributed by atoms with Crippen LogP contribution in [-0.4, -0.2) is 28.6 Å². The molecule has 0 aromatic carbocycles. The van der Waals surface area contributed by atoms with Crippen molar-refractivity contribution >= 4 is 34.8 Å². The molecule has 4 nitrogen and oxygen atoms in total. The van der Waals surface area contributed by atoms with Crippen molar-refractivity contribution in [2.45, 2.75) is 12.8 Å². The molecule has 0 bridgehead atoms. The Labute approximate surface area is 96.5 Å². The lowest BCUT2D eigenvalue weighted by molar-refractivity contribution is 0.198. The molecule has 0 radical (unpaired) electrons. The minimum Gasteiger partial charge on any atom is -0.381 e. The van der Waals surface area contributed by atoms with E-state index in [1.54, 1.807) is 0 Å². The van der Waals surface area contributed by atoms with Crippen molar-refractivity contribution in [3.8, 4) is 0 Å². The molecule has 0 N–H and O–H groups in total. The third-order valence-electron chi connectivity index (χ3n) is 1.45. The van der Waals surface area contributed by atoms with Gasteiger partial charge in [0.25, 0.3) is 0 Å². The Morgan fingerprint density at radius 1 is 0.929 bits per heavy atom. The van der Waals surface area contributed by atoms with E-state index >= 15 is 0 Å². The number of hydrogen-bond acceptors (Lipinski definition) is 4. The van der Waals surface area contributed by atoms with Gasteiger partial charge in [-0.1, -0.05) is 34.8 Å². The Kier molecular flexibility index (Phi) is 5.40. The summed E-state index contributed by atoms with van der Waals surface area (Å²) in [5.41, 5.74) is 0. The van der Waals surface area contributed by atoms with E-state index in [0.29, 0.717) is 0 Å². The highest BCUT2D eigenvalue weighted by Crippen LogP contribution is 2.23. The Bertz CT molecular complexity index is 266. The topological polar surface area (TPSA) is 47.9 Å². The predicted molar refractivity (Wildman–Crippen MR) is 54.9 cm³/mol. The van der Waals surface area contributed by atoms with Crippen LogP contribution in [0.3, 0.4) is 0 Å². The van der Waals surface area contributed by atoms with Gasteiger partial charge < -0.3 is 4.74 Å². The molecule has 2 heterocycles. The number of rotatable bonds is 0. The second-order valence-corrected chi connectivity index (χ2v) is 3.60. The van der Waals surface area contributed by atoms with Gasteiger partial charge in [-0.25, -0.2) is 0 Å². The van der Waals surface area contributed by atoms with E-state index in [0.717, 1.165) is 13.2 Å². The summed E-state index contributed by atoms with van der Waals surface area (Å²) in [5.74, 6) is 0. The van der Waals surface area contributed by atoms with Gasteiger partial charge in [-0.2, -0.15) is 0 Å². The summed E-state index contributed by atoms with van der Waals surface area (Å²) in [5, 5.41) is 10.1. The lowest BCUT2D eigenvalue weighted by Crippen LogP contribution is -1.88. The van der Waals surface area contributed by atoms with Crippen LogP contribution in [0.1, 0.15) is 12.8 Å². The fourth-order valence-corrected chi connectivity index (χ4v) is 1.15. The fourth-order valence-electron chi connectivity index (χ4n) is 0.784. The summed E-state index contributed by atoms with van der Waals surface area (Å²) in [4.78, 5) is 0. The lowest BCUT2D eigenvalue weighted by Gasteiger charge is -1.90. The van der Waals surface area contributed by atoms with Crippen molar-refractivity contribution in [1.29, 1.82) is 0 Å². The molecular formula is C7H8Cl3N3O. The zero-order chi connectivity index (χ0) is 10.4.